The van der Waals surface area contributed by atoms with Gasteiger partial charge in [-0.15, -0.1) is 34.0 Å². The first kappa shape index (κ1) is 22.9. The number of aromatic nitrogens is 2. The third kappa shape index (κ3) is 6.80. The number of nitrogens with zero attached hydrogens (tertiary/aromatic N) is 2. The third-order valence-electron chi connectivity index (χ3n) is 3.67. The molecule has 0 amide bonds. The van der Waals surface area contributed by atoms with E-state index in [0.29, 0.717) is 17.3 Å². The van der Waals surface area contributed by atoms with Crippen LogP contribution in [-0.2, 0) is 17.0 Å². The fraction of sp³-hybridized carbons (Fsp3) is 0.375. The Kier molecular flexibility index (Phi) is 10.5. The Morgan fingerprint density at radius 1 is 1.20 bits per heavy atom. The Morgan fingerprint density at radius 2 is 1.92 bits per heavy atom. The maximum atomic E-state index is 12.2. The first-order chi connectivity index (χ1) is 11.2. The summed E-state index contributed by atoms with van der Waals surface area (Å²) in [5.41, 5.74) is 1.83. The lowest BCUT2D eigenvalue weighted by molar-refractivity contribution is 0.0339. The molecular formula is C16H20Br3N3O2S. The van der Waals surface area contributed by atoms with E-state index in [2.05, 4.69) is 36.9 Å². The van der Waals surface area contributed by atoms with Crippen LogP contribution >= 0.6 is 61.7 Å². The van der Waals surface area contributed by atoms with Gasteiger partial charge in [0.05, 0.1) is 13.2 Å². The highest BCUT2D eigenvalue weighted by Gasteiger charge is 2.13. The van der Waals surface area contributed by atoms with Crippen molar-refractivity contribution < 1.29 is 4.74 Å². The van der Waals surface area contributed by atoms with Crippen molar-refractivity contribution in [2.45, 2.75) is 17.5 Å². The van der Waals surface area contributed by atoms with E-state index < -0.39 is 0 Å². The molecule has 1 aliphatic rings. The summed E-state index contributed by atoms with van der Waals surface area (Å²) in [4.78, 5) is 21.7. The van der Waals surface area contributed by atoms with Crippen LogP contribution in [0.4, 0.5) is 0 Å². The molecule has 1 fully saturated rings. The van der Waals surface area contributed by atoms with Gasteiger partial charge in [-0.05, 0) is 11.6 Å². The molecule has 0 bridgehead atoms. The molecule has 138 valence electrons. The lowest BCUT2D eigenvalue weighted by Gasteiger charge is -2.26. The first-order valence-electron chi connectivity index (χ1n) is 7.47. The molecule has 5 nitrogen and oxygen atoms in total. The molecule has 0 saturated carbocycles. The van der Waals surface area contributed by atoms with Crippen LogP contribution in [0.2, 0.25) is 0 Å². The Balaban J connectivity index is 0.00000156. The molecular weight excluding hydrogens is 538 g/mol. The van der Waals surface area contributed by atoms with Gasteiger partial charge in [-0.3, -0.25) is 9.69 Å². The number of hydrogen-bond acceptors (Lipinski definition) is 5. The third-order valence-corrected chi connectivity index (χ3v) is 5.38. The summed E-state index contributed by atoms with van der Waals surface area (Å²) >= 11 is 5.06. The van der Waals surface area contributed by atoms with Gasteiger partial charge in [0.15, 0.2) is 5.16 Å². The van der Waals surface area contributed by atoms with Crippen molar-refractivity contribution in [3.8, 4) is 0 Å². The normalized spacial score (nSPS) is 14.4. The van der Waals surface area contributed by atoms with Crippen molar-refractivity contribution in [3.05, 3.63) is 56.4 Å². The number of aromatic amines is 1. The van der Waals surface area contributed by atoms with E-state index in [0.717, 1.165) is 36.5 Å². The van der Waals surface area contributed by atoms with E-state index >= 15 is 0 Å². The number of hydrogen-bond donors (Lipinski definition) is 1. The van der Waals surface area contributed by atoms with Gasteiger partial charge < -0.3 is 9.72 Å². The number of H-pyrrole nitrogens is 1. The van der Waals surface area contributed by atoms with Crippen LogP contribution < -0.4 is 5.56 Å². The monoisotopic (exact) mass is 555 g/mol. The minimum absolute atomic E-state index is 0. The molecule has 0 atom stereocenters. The largest absolute Gasteiger partial charge is 0.379 e. The van der Waals surface area contributed by atoms with Crippen molar-refractivity contribution in [1.82, 2.24) is 14.9 Å². The molecule has 0 unspecified atom stereocenters. The van der Waals surface area contributed by atoms with Crippen molar-refractivity contribution >= 4 is 61.7 Å². The second-order valence-corrected chi connectivity index (χ2v) is 7.13. The predicted molar refractivity (Wildman–Crippen MR) is 115 cm³/mol. The molecule has 0 radical (unpaired) electrons. The maximum absolute atomic E-state index is 12.2. The smallest absolute Gasteiger partial charge is 0.256 e. The average molecular weight is 558 g/mol. The molecule has 9 heteroatoms. The lowest BCUT2D eigenvalue weighted by atomic mass is 10.2. The molecule has 1 N–H and O–H groups in total. The number of rotatable bonds is 5. The summed E-state index contributed by atoms with van der Waals surface area (Å²) in [5, 5.41) is 0.650. The van der Waals surface area contributed by atoms with E-state index in [4.69, 9.17) is 4.74 Å². The van der Waals surface area contributed by atoms with E-state index in [-0.39, 0.29) is 39.5 Å². The quantitative estimate of drug-likeness (QED) is 0.447. The molecule has 1 aliphatic heterocycles. The van der Waals surface area contributed by atoms with Crippen molar-refractivity contribution in [1.29, 1.82) is 0 Å². The Labute approximate surface area is 180 Å². The number of benzene rings is 1. The maximum Gasteiger partial charge on any atom is 0.256 e. The topological polar surface area (TPSA) is 58.2 Å². The van der Waals surface area contributed by atoms with Crippen LogP contribution in [0.5, 0.6) is 0 Å². The van der Waals surface area contributed by atoms with Gasteiger partial charge in [-0.2, -0.15) is 0 Å². The highest BCUT2D eigenvalue weighted by molar-refractivity contribution is 9.10. The predicted octanol–water partition coefficient (Wildman–Crippen LogP) is 3.81. The van der Waals surface area contributed by atoms with Crippen molar-refractivity contribution in [3.63, 3.8) is 0 Å². The Bertz CT molecular complexity index is 724. The second kappa shape index (κ2) is 11.5. The van der Waals surface area contributed by atoms with E-state index in [9.17, 15) is 4.79 Å². The Hall–Kier alpha value is -0.190. The molecule has 0 aliphatic carbocycles. The highest BCUT2D eigenvalue weighted by atomic mass is 79.9. The van der Waals surface area contributed by atoms with Gasteiger partial charge in [-0.1, -0.05) is 45.9 Å². The molecule has 1 aromatic carbocycles. The molecule has 1 saturated heterocycles. The summed E-state index contributed by atoms with van der Waals surface area (Å²) < 4.78 is 6.39. The van der Waals surface area contributed by atoms with E-state index in [1.54, 1.807) is 6.20 Å². The minimum atomic E-state index is -0.0545. The number of nitrogens with one attached hydrogen (secondary N) is 1. The fourth-order valence-corrected chi connectivity index (χ4v) is 3.80. The first-order valence-corrected chi connectivity index (χ1v) is 9.25. The fourth-order valence-electron chi connectivity index (χ4n) is 2.35. The summed E-state index contributed by atoms with van der Waals surface area (Å²) in [6.45, 7) is 3.80. The van der Waals surface area contributed by atoms with Crippen molar-refractivity contribution in [2.75, 3.05) is 26.3 Å². The number of ether oxygens (including phenoxy) is 1. The summed E-state index contributed by atoms with van der Waals surface area (Å²) in [6, 6.07) is 8.06. The average Bonchev–Trinajstić information content (AvgIpc) is 2.57. The summed E-state index contributed by atoms with van der Waals surface area (Å²) in [6.07, 6.45) is 1.69. The molecule has 3 rings (SSSR count). The zero-order valence-electron chi connectivity index (χ0n) is 13.4. The molecule has 0 spiro atoms. The zero-order chi connectivity index (χ0) is 16.1. The second-order valence-electron chi connectivity index (χ2n) is 5.31. The van der Waals surface area contributed by atoms with Crippen molar-refractivity contribution in [2.24, 2.45) is 0 Å². The Morgan fingerprint density at radius 3 is 2.60 bits per heavy atom. The van der Waals surface area contributed by atoms with Crippen LogP contribution in [-0.4, -0.2) is 41.2 Å². The highest BCUT2D eigenvalue weighted by Crippen LogP contribution is 2.24. The number of morpholine rings is 1. The number of halogens is 3. The molecule has 25 heavy (non-hydrogen) atoms. The van der Waals surface area contributed by atoms with E-state index in [1.807, 2.05) is 18.2 Å². The van der Waals surface area contributed by atoms with Crippen LogP contribution in [0.15, 0.2) is 44.9 Å². The van der Waals surface area contributed by atoms with Crippen LogP contribution in [0.3, 0.4) is 0 Å². The lowest BCUT2D eigenvalue weighted by Crippen LogP contribution is -2.37. The van der Waals surface area contributed by atoms with Gasteiger partial charge in [-0.25, -0.2) is 4.98 Å². The van der Waals surface area contributed by atoms with Crippen LogP contribution in [0.25, 0.3) is 0 Å². The zero-order valence-corrected chi connectivity index (χ0v) is 19.3. The molecule has 1 aromatic heterocycles. The molecule has 2 aromatic rings. The SMILES string of the molecule is Br.Br.O=c1[nH]c(SCc2ccccc2Br)ncc1CN1CCOCC1. The van der Waals surface area contributed by atoms with Crippen LogP contribution in [0, 0.1) is 0 Å². The van der Waals surface area contributed by atoms with Gasteiger partial charge >= 0.3 is 0 Å². The standard InChI is InChI=1S/C16H18BrN3O2S.2BrH/c17-14-4-2-1-3-12(14)11-23-16-18-9-13(15(21)19-16)10-20-5-7-22-8-6-20;;/h1-4,9H,5-8,10-11H2,(H,18,19,21);2*1H. The van der Waals surface area contributed by atoms with Crippen LogP contribution in [0.1, 0.15) is 11.1 Å². The summed E-state index contributed by atoms with van der Waals surface area (Å²) in [7, 11) is 0. The molecule has 2 heterocycles. The number of thioether (sulfide) groups is 1. The van der Waals surface area contributed by atoms with E-state index in [1.165, 1.54) is 17.3 Å². The van der Waals surface area contributed by atoms with Gasteiger partial charge in [0, 0.05) is 41.6 Å². The van der Waals surface area contributed by atoms with Gasteiger partial charge in [0.25, 0.3) is 5.56 Å². The summed E-state index contributed by atoms with van der Waals surface area (Å²) in [5.74, 6) is 0.757. The van der Waals surface area contributed by atoms with Gasteiger partial charge in [0.1, 0.15) is 0 Å². The minimum Gasteiger partial charge on any atom is -0.379 e. The van der Waals surface area contributed by atoms with Gasteiger partial charge in [0.2, 0.25) is 0 Å².